The Morgan fingerprint density at radius 3 is 2.71 bits per heavy atom. The molecule has 3 N–H and O–H groups in total. The highest BCUT2D eigenvalue weighted by Gasteiger charge is 2.25. The molecule has 0 aliphatic carbocycles. The van der Waals surface area contributed by atoms with E-state index in [1.165, 1.54) is 11.1 Å². The number of carbonyl (C=O) groups excluding carboxylic acids is 1. The predicted molar refractivity (Wildman–Crippen MR) is 85.4 cm³/mol. The Hall–Kier alpha value is -2.13. The van der Waals surface area contributed by atoms with E-state index in [4.69, 9.17) is 5.73 Å². The van der Waals surface area contributed by atoms with E-state index in [2.05, 4.69) is 43.4 Å². The van der Waals surface area contributed by atoms with Crippen LogP contribution < -0.4 is 11.1 Å². The molecule has 0 saturated heterocycles. The van der Waals surface area contributed by atoms with E-state index < -0.39 is 0 Å². The highest BCUT2D eigenvalue weighted by atomic mass is 16.1. The van der Waals surface area contributed by atoms with Crippen LogP contribution in [0.5, 0.6) is 0 Å². The summed E-state index contributed by atoms with van der Waals surface area (Å²) in [4.78, 5) is 11.7. The average molecular weight is 280 g/mol. The SMILES string of the molecule is CCc1cc2c(c(C(N)c3ccccc3C)c1)NC(=O)C2. The van der Waals surface area contributed by atoms with Gasteiger partial charge in [0, 0.05) is 5.69 Å². The maximum Gasteiger partial charge on any atom is 0.228 e. The molecule has 3 nitrogen and oxygen atoms in total. The van der Waals surface area contributed by atoms with Crippen LogP contribution in [-0.4, -0.2) is 5.91 Å². The first-order chi connectivity index (χ1) is 10.1. The second-order valence-corrected chi connectivity index (χ2v) is 5.63. The molecule has 0 bridgehead atoms. The summed E-state index contributed by atoms with van der Waals surface area (Å²) in [7, 11) is 0. The average Bonchev–Trinajstić information content (AvgIpc) is 2.86. The second kappa shape index (κ2) is 5.34. The Bertz CT molecular complexity index is 706. The molecule has 1 heterocycles. The molecule has 0 fully saturated rings. The molecule has 1 atom stereocenters. The molecule has 0 saturated carbocycles. The summed E-state index contributed by atoms with van der Waals surface area (Å²) in [5, 5.41) is 2.97. The molecule has 108 valence electrons. The summed E-state index contributed by atoms with van der Waals surface area (Å²) >= 11 is 0. The molecule has 1 aliphatic heterocycles. The molecule has 0 aromatic heterocycles. The highest BCUT2D eigenvalue weighted by molar-refractivity contribution is 6.00. The number of benzene rings is 2. The van der Waals surface area contributed by atoms with Crippen molar-refractivity contribution in [1.29, 1.82) is 0 Å². The summed E-state index contributed by atoms with van der Waals surface area (Å²) in [6, 6.07) is 12.2. The van der Waals surface area contributed by atoms with Crippen LogP contribution >= 0.6 is 0 Å². The number of fused-ring (bicyclic) bond motifs is 1. The largest absolute Gasteiger partial charge is 0.325 e. The molecule has 3 heteroatoms. The van der Waals surface area contributed by atoms with Gasteiger partial charge in [-0.3, -0.25) is 4.79 Å². The van der Waals surface area contributed by atoms with Gasteiger partial charge in [0.2, 0.25) is 5.91 Å². The Morgan fingerprint density at radius 1 is 1.24 bits per heavy atom. The third-order valence-corrected chi connectivity index (χ3v) is 4.19. The number of nitrogens with one attached hydrogen (secondary N) is 1. The van der Waals surface area contributed by atoms with Gasteiger partial charge in [0.1, 0.15) is 0 Å². The number of anilines is 1. The topological polar surface area (TPSA) is 55.1 Å². The normalized spacial score (nSPS) is 14.7. The first-order valence-corrected chi connectivity index (χ1v) is 7.36. The van der Waals surface area contributed by atoms with Gasteiger partial charge in [-0.15, -0.1) is 0 Å². The van der Waals surface area contributed by atoms with Crippen molar-refractivity contribution in [2.75, 3.05) is 5.32 Å². The van der Waals surface area contributed by atoms with Gasteiger partial charge in [0.15, 0.2) is 0 Å². The van der Waals surface area contributed by atoms with Crippen molar-refractivity contribution in [2.45, 2.75) is 32.7 Å². The van der Waals surface area contributed by atoms with Gasteiger partial charge in [-0.25, -0.2) is 0 Å². The van der Waals surface area contributed by atoms with E-state index in [-0.39, 0.29) is 11.9 Å². The Kier molecular flexibility index (Phi) is 3.52. The van der Waals surface area contributed by atoms with Gasteiger partial charge in [-0.2, -0.15) is 0 Å². The van der Waals surface area contributed by atoms with E-state index in [0.29, 0.717) is 6.42 Å². The lowest BCUT2D eigenvalue weighted by molar-refractivity contribution is -0.115. The molecule has 1 amide bonds. The lowest BCUT2D eigenvalue weighted by Gasteiger charge is -2.19. The number of hydrogen-bond acceptors (Lipinski definition) is 2. The predicted octanol–water partition coefficient (Wildman–Crippen LogP) is 3.10. The van der Waals surface area contributed by atoms with E-state index >= 15 is 0 Å². The van der Waals surface area contributed by atoms with Gasteiger partial charge in [0.25, 0.3) is 0 Å². The fourth-order valence-electron chi connectivity index (χ4n) is 3.00. The maximum atomic E-state index is 11.7. The summed E-state index contributed by atoms with van der Waals surface area (Å²) in [6.45, 7) is 4.19. The summed E-state index contributed by atoms with van der Waals surface area (Å²) < 4.78 is 0. The van der Waals surface area contributed by atoms with Gasteiger partial charge in [0.05, 0.1) is 12.5 Å². The number of nitrogens with two attached hydrogens (primary N) is 1. The van der Waals surface area contributed by atoms with Crippen LogP contribution in [0.25, 0.3) is 0 Å². The maximum absolute atomic E-state index is 11.7. The van der Waals surface area contributed by atoms with E-state index in [0.717, 1.165) is 28.8 Å². The summed E-state index contributed by atoms with van der Waals surface area (Å²) in [5.41, 5.74) is 13.0. The van der Waals surface area contributed by atoms with Crippen molar-refractivity contribution in [3.63, 3.8) is 0 Å². The zero-order valence-corrected chi connectivity index (χ0v) is 12.4. The van der Waals surface area contributed by atoms with E-state index in [1.54, 1.807) is 0 Å². The number of amides is 1. The zero-order valence-electron chi connectivity index (χ0n) is 12.4. The minimum absolute atomic E-state index is 0.0523. The van der Waals surface area contributed by atoms with Crippen LogP contribution in [0, 0.1) is 6.92 Å². The number of hydrogen-bond donors (Lipinski definition) is 2. The molecule has 1 aliphatic rings. The lowest BCUT2D eigenvalue weighted by Crippen LogP contribution is -2.16. The molecule has 21 heavy (non-hydrogen) atoms. The van der Waals surface area contributed by atoms with Crippen LogP contribution in [0.3, 0.4) is 0 Å². The Labute approximate surface area is 125 Å². The van der Waals surface area contributed by atoms with Gasteiger partial charge in [-0.05, 0) is 41.2 Å². The standard InChI is InChI=1S/C18H20N2O/c1-3-12-8-13-10-16(21)20-18(13)15(9-12)17(19)14-7-5-4-6-11(14)2/h4-9,17H,3,10,19H2,1-2H3,(H,20,21). The highest BCUT2D eigenvalue weighted by Crippen LogP contribution is 2.35. The quantitative estimate of drug-likeness (QED) is 0.907. The molecule has 0 radical (unpaired) electrons. The van der Waals surface area contributed by atoms with Crippen molar-refractivity contribution in [2.24, 2.45) is 5.73 Å². The molecule has 2 aromatic carbocycles. The van der Waals surface area contributed by atoms with Crippen LogP contribution in [0.1, 0.15) is 40.8 Å². The number of rotatable bonds is 3. The third-order valence-electron chi connectivity index (χ3n) is 4.19. The van der Waals surface area contributed by atoms with Gasteiger partial charge in [-0.1, -0.05) is 43.3 Å². The first kappa shape index (κ1) is 13.8. The van der Waals surface area contributed by atoms with E-state index in [1.807, 2.05) is 12.1 Å². The lowest BCUT2D eigenvalue weighted by atomic mass is 9.91. The van der Waals surface area contributed by atoms with Crippen molar-refractivity contribution >= 4 is 11.6 Å². The van der Waals surface area contributed by atoms with Crippen molar-refractivity contribution < 1.29 is 4.79 Å². The Morgan fingerprint density at radius 2 is 2.00 bits per heavy atom. The molecular weight excluding hydrogens is 260 g/mol. The summed E-state index contributed by atoms with van der Waals surface area (Å²) in [6.07, 6.45) is 1.39. The number of carbonyl (C=O) groups is 1. The first-order valence-electron chi connectivity index (χ1n) is 7.36. The van der Waals surface area contributed by atoms with Gasteiger partial charge >= 0.3 is 0 Å². The van der Waals surface area contributed by atoms with Crippen LogP contribution in [0.15, 0.2) is 36.4 Å². The third kappa shape index (κ3) is 2.45. The monoisotopic (exact) mass is 280 g/mol. The number of aryl methyl sites for hydroxylation is 2. The second-order valence-electron chi connectivity index (χ2n) is 5.63. The fourth-order valence-corrected chi connectivity index (χ4v) is 3.00. The van der Waals surface area contributed by atoms with Crippen LogP contribution in [0.4, 0.5) is 5.69 Å². The van der Waals surface area contributed by atoms with Crippen molar-refractivity contribution in [3.8, 4) is 0 Å². The summed E-state index contributed by atoms with van der Waals surface area (Å²) in [5.74, 6) is 0.0523. The molecule has 3 rings (SSSR count). The fraction of sp³-hybridized carbons (Fsp3) is 0.278. The Balaban J connectivity index is 2.12. The smallest absolute Gasteiger partial charge is 0.228 e. The molecule has 2 aromatic rings. The minimum atomic E-state index is -0.218. The van der Waals surface area contributed by atoms with Crippen LogP contribution in [-0.2, 0) is 17.6 Å². The van der Waals surface area contributed by atoms with Gasteiger partial charge < -0.3 is 11.1 Å². The van der Waals surface area contributed by atoms with Crippen LogP contribution in [0.2, 0.25) is 0 Å². The van der Waals surface area contributed by atoms with E-state index in [9.17, 15) is 4.79 Å². The minimum Gasteiger partial charge on any atom is -0.325 e. The molecule has 0 spiro atoms. The molecule has 1 unspecified atom stereocenters. The molecular formula is C18H20N2O. The zero-order chi connectivity index (χ0) is 15.0. The van der Waals surface area contributed by atoms with Crippen molar-refractivity contribution in [1.82, 2.24) is 0 Å². The van der Waals surface area contributed by atoms with Crippen molar-refractivity contribution in [3.05, 3.63) is 64.2 Å².